The molecule has 4 heteroatoms. The number of hydrogen-bond donors (Lipinski definition) is 0. The molecule has 0 amide bonds. The van der Waals surface area contributed by atoms with E-state index < -0.39 is 0 Å². The molecule has 0 fully saturated rings. The fraction of sp³-hybridized carbons (Fsp3) is 0.353. The van der Waals surface area contributed by atoms with Crippen LogP contribution < -0.4 is 9.47 Å². The minimum absolute atomic E-state index is 0.256. The summed E-state index contributed by atoms with van der Waals surface area (Å²) >= 11 is 0. The first-order valence-corrected chi connectivity index (χ1v) is 7.28. The molecule has 1 aromatic heterocycles. The molecule has 108 valence electrons. The summed E-state index contributed by atoms with van der Waals surface area (Å²) in [5.74, 6) is 2.20. The molecule has 4 nitrogen and oxygen atoms in total. The van der Waals surface area contributed by atoms with E-state index in [4.69, 9.17) is 9.47 Å². The van der Waals surface area contributed by atoms with Crippen molar-refractivity contribution in [1.29, 1.82) is 0 Å². The third-order valence-corrected chi connectivity index (χ3v) is 4.28. The van der Waals surface area contributed by atoms with Gasteiger partial charge in [-0.2, -0.15) is 0 Å². The van der Waals surface area contributed by atoms with Crippen LogP contribution >= 0.6 is 0 Å². The van der Waals surface area contributed by atoms with Crippen molar-refractivity contribution in [3.63, 3.8) is 0 Å². The normalized spacial score (nSPS) is 19.7. The van der Waals surface area contributed by atoms with Crippen molar-refractivity contribution in [2.75, 3.05) is 6.79 Å². The van der Waals surface area contributed by atoms with Crippen molar-refractivity contribution in [3.05, 3.63) is 41.2 Å². The average molecular weight is 283 g/mol. The van der Waals surface area contributed by atoms with Crippen LogP contribution in [0.15, 0.2) is 24.3 Å². The van der Waals surface area contributed by atoms with E-state index in [9.17, 15) is 4.79 Å². The van der Waals surface area contributed by atoms with E-state index in [0.717, 1.165) is 40.6 Å². The minimum Gasteiger partial charge on any atom is -0.454 e. The van der Waals surface area contributed by atoms with Gasteiger partial charge in [0.15, 0.2) is 17.3 Å². The second-order valence-corrected chi connectivity index (χ2v) is 5.96. The lowest BCUT2D eigenvalue weighted by molar-refractivity contribution is 0.0952. The van der Waals surface area contributed by atoms with E-state index in [0.29, 0.717) is 12.3 Å². The molecule has 0 radical (unpaired) electrons. The number of fused-ring (bicyclic) bond motifs is 2. The lowest BCUT2D eigenvalue weighted by atomic mass is 9.88. The predicted molar refractivity (Wildman–Crippen MR) is 78.4 cm³/mol. The summed E-state index contributed by atoms with van der Waals surface area (Å²) in [5, 5.41) is 0. The maximum Gasteiger partial charge on any atom is 0.231 e. The van der Waals surface area contributed by atoms with Crippen LogP contribution in [0.3, 0.4) is 0 Å². The summed E-state index contributed by atoms with van der Waals surface area (Å²) in [6, 6.07) is 7.94. The zero-order valence-corrected chi connectivity index (χ0v) is 12.2. The molecule has 4 rings (SSSR count). The average Bonchev–Trinajstić information content (AvgIpc) is 3.01. The van der Waals surface area contributed by atoms with Crippen molar-refractivity contribution in [2.45, 2.75) is 26.7 Å². The molecular weight excluding hydrogens is 266 g/mol. The number of Topliss-reactive ketones (excluding diaryl/α,β-unsaturated/α-hetero) is 1. The molecule has 0 unspecified atom stereocenters. The minimum atomic E-state index is 0.256. The maximum absolute atomic E-state index is 12.2. The van der Waals surface area contributed by atoms with Gasteiger partial charge in [0.2, 0.25) is 6.79 Å². The summed E-state index contributed by atoms with van der Waals surface area (Å²) in [7, 11) is 0. The number of aryl methyl sites for hydroxylation is 1. The van der Waals surface area contributed by atoms with Crippen LogP contribution in [0.1, 0.15) is 35.1 Å². The van der Waals surface area contributed by atoms with Crippen LogP contribution in [0.5, 0.6) is 11.5 Å². The molecule has 1 aliphatic carbocycles. The summed E-state index contributed by atoms with van der Waals surface area (Å²) in [6.45, 7) is 4.45. The number of carbonyl (C=O) groups is 1. The second kappa shape index (κ2) is 4.38. The van der Waals surface area contributed by atoms with E-state index in [-0.39, 0.29) is 12.6 Å². The highest BCUT2D eigenvalue weighted by molar-refractivity contribution is 5.99. The molecule has 21 heavy (non-hydrogen) atoms. The van der Waals surface area contributed by atoms with Crippen LogP contribution in [-0.2, 0) is 6.42 Å². The lowest BCUT2D eigenvalue weighted by Crippen LogP contribution is -2.19. The van der Waals surface area contributed by atoms with E-state index in [1.165, 1.54) is 0 Å². The predicted octanol–water partition coefficient (Wildman–Crippen LogP) is 3.28. The van der Waals surface area contributed by atoms with E-state index >= 15 is 0 Å². The van der Waals surface area contributed by atoms with Gasteiger partial charge in [-0.3, -0.25) is 4.79 Å². The number of rotatable bonds is 1. The zero-order valence-electron chi connectivity index (χ0n) is 12.2. The van der Waals surface area contributed by atoms with Crippen molar-refractivity contribution in [2.24, 2.45) is 5.92 Å². The van der Waals surface area contributed by atoms with Gasteiger partial charge in [-0.25, -0.2) is 0 Å². The van der Waals surface area contributed by atoms with E-state index in [2.05, 4.69) is 11.5 Å². The number of ketones is 1. The van der Waals surface area contributed by atoms with Crippen molar-refractivity contribution < 1.29 is 14.3 Å². The Bertz CT molecular complexity index is 745. The van der Waals surface area contributed by atoms with Crippen molar-refractivity contribution >= 4 is 5.78 Å². The number of nitrogens with zero attached hydrogens (tertiary/aromatic N) is 1. The summed E-state index contributed by atoms with van der Waals surface area (Å²) in [4.78, 5) is 12.2. The van der Waals surface area contributed by atoms with Crippen LogP contribution in [-0.4, -0.2) is 17.1 Å². The van der Waals surface area contributed by atoms with Gasteiger partial charge in [-0.05, 0) is 37.5 Å². The molecule has 0 spiro atoms. The zero-order chi connectivity index (χ0) is 14.6. The molecule has 0 bridgehead atoms. The molecule has 2 aliphatic rings. The molecule has 0 saturated carbocycles. The third kappa shape index (κ3) is 1.86. The van der Waals surface area contributed by atoms with Crippen LogP contribution in [0.2, 0.25) is 0 Å². The molecule has 2 heterocycles. The van der Waals surface area contributed by atoms with Crippen molar-refractivity contribution in [3.8, 4) is 17.2 Å². The van der Waals surface area contributed by atoms with Crippen molar-refractivity contribution in [1.82, 2.24) is 4.57 Å². The Hall–Kier alpha value is -2.23. The summed E-state index contributed by atoms with van der Waals surface area (Å²) < 4.78 is 13.0. The Morgan fingerprint density at radius 1 is 1.14 bits per heavy atom. The second-order valence-electron chi connectivity index (χ2n) is 5.96. The fourth-order valence-electron chi connectivity index (χ4n) is 3.35. The first kappa shape index (κ1) is 12.5. The van der Waals surface area contributed by atoms with E-state index in [1.54, 1.807) is 0 Å². The van der Waals surface area contributed by atoms with Gasteiger partial charge in [0.25, 0.3) is 0 Å². The first-order valence-electron chi connectivity index (χ1n) is 7.28. The summed E-state index contributed by atoms with van der Waals surface area (Å²) in [5.41, 5.74) is 4.11. The lowest BCUT2D eigenvalue weighted by Gasteiger charge is -2.20. The van der Waals surface area contributed by atoms with Gasteiger partial charge in [0.05, 0.1) is 0 Å². The van der Waals surface area contributed by atoms with Crippen LogP contribution in [0, 0.1) is 12.8 Å². The Morgan fingerprint density at radius 3 is 2.81 bits per heavy atom. The Labute approximate surface area is 123 Å². The highest BCUT2D eigenvalue weighted by Crippen LogP contribution is 2.36. The van der Waals surface area contributed by atoms with E-state index in [1.807, 2.05) is 31.2 Å². The van der Waals surface area contributed by atoms with Crippen LogP contribution in [0.25, 0.3) is 5.69 Å². The number of carbonyl (C=O) groups excluding carboxylic acids is 1. The van der Waals surface area contributed by atoms with Gasteiger partial charge in [-0.1, -0.05) is 6.92 Å². The number of benzene rings is 1. The van der Waals surface area contributed by atoms with Gasteiger partial charge in [0, 0.05) is 35.1 Å². The van der Waals surface area contributed by atoms with Gasteiger partial charge >= 0.3 is 0 Å². The molecule has 1 aromatic carbocycles. The SMILES string of the molecule is Cc1cc2c(n1-c1ccc3c(c1)OCO3)C[C@H](C)CC2=O. The quantitative estimate of drug-likeness (QED) is 0.806. The maximum atomic E-state index is 12.2. The molecule has 0 N–H and O–H groups in total. The fourth-order valence-corrected chi connectivity index (χ4v) is 3.35. The van der Waals surface area contributed by atoms with Gasteiger partial charge in [0.1, 0.15) is 0 Å². The third-order valence-electron chi connectivity index (χ3n) is 4.28. The smallest absolute Gasteiger partial charge is 0.231 e. The Balaban J connectivity index is 1.88. The van der Waals surface area contributed by atoms with Crippen LogP contribution in [0.4, 0.5) is 0 Å². The Morgan fingerprint density at radius 2 is 1.95 bits per heavy atom. The molecule has 2 aromatic rings. The highest BCUT2D eigenvalue weighted by atomic mass is 16.7. The van der Waals surface area contributed by atoms with Gasteiger partial charge < -0.3 is 14.0 Å². The highest BCUT2D eigenvalue weighted by Gasteiger charge is 2.27. The topological polar surface area (TPSA) is 40.5 Å². The summed E-state index contributed by atoms with van der Waals surface area (Å²) in [6.07, 6.45) is 1.58. The monoisotopic (exact) mass is 283 g/mol. The number of aromatic nitrogens is 1. The molecule has 1 atom stereocenters. The molecule has 1 aliphatic heterocycles. The number of hydrogen-bond acceptors (Lipinski definition) is 3. The molecular formula is C17H17NO3. The largest absolute Gasteiger partial charge is 0.454 e. The van der Waals surface area contributed by atoms with Gasteiger partial charge in [-0.15, -0.1) is 0 Å². The Kier molecular flexibility index (Phi) is 2.61. The first-order chi connectivity index (χ1) is 10.1. The number of ether oxygens (including phenoxy) is 2. The standard InChI is InChI=1S/C17H17NO3/c1-10-5-14-13(15(19)6-10)7-11(2)18(14)12-3-4-16-17(8-12)21-9-20-16/h3-4,7-8,10H,5-6,9H2,1-2H3/t10-/m0/s1. The molecule has 0 saturated heterocycles.